The summed E-state index contributed by atoms with van der Waals surface area (Å²) in [7, 11) is 0. The standard InChI is InChI=1S/C13H9BrF2O/c1-2-13(15,16)17-11-8-7-9-5-3-4-6-10(9)12(11)14/h2-8H,1H2. The van der Waals surface area contributed by atoms with Crippen LogP contribution in [-0.2, 0) is 0 Å². The summed E-state index contributed by atoms with van der Waals surface area (Å²) in [5, 5.41) is 1.78. The molecule has 0 aliphatic heterocycles. The summed E-state index contributed by atoms with van der Waals surface area (Å²) in [4.78, 5) is 0. The lowest BCUT2D eigenvalue weighted by atomic mass is 10.1. The van der Waals surface area contributed by atoms with Gasteiger partial charge < -0.3 is 4.74 Å². The van der Waals surface area contributed by atoms with Gasteiger partial charge in [-0.2, -0.15) is 8.78 Å². The van der Waals surface area contributed by atoms with E-state index in [2.05, 4.69) is 27.2 Å². The van der Waals surface area contributed by atoms with Gasteiger partial charge in [0.1, 0.15) is 5.75 Å². The fourth-order valence-electron chi connectivity index (χ4n) is 1.48. The molecule has 0 aliphatic rings. The maximum absolute atomic E-state index is 13.1. The van der Waals surface area contributed by atoms with Crippen molar-refractivity contribution in [2.24, 2.45) is 0 Å². The molecule has 1 nitrogen and oxygen atoms in total. The molecule has 0 heterocycles. The van der Waals surface area contributed by atoms with E-state index in [1.165, 1.54) is 6.07 Å². The van der Waals surface area contributed by atoms with Gasteiger partial charge in [-0.15, -0.1) is 0 Å². The molecule has 0 unspecified atom stereocenters. The summed E-state index contributed by atoms with van der Waals surface area (Å²) in [5.74, 6) is 0.0913. The zero-order valence-electron chi connectivity index (χ0n) is 8.79. The van der Waals surface area contributed by atoms with Gasteiger partial charge in [-0.25, -0.2) is 0 Å². The number of hydrogen-bond donors (Lipinski definition) is 0. The third kappa shape index (κ3) is 2.47. The third-order valence-corrected chi connectivity index (χ3v) is 3.13. The second kappa shape index (κ2) is 4.45. The second-order valence-corrected chi connectivity index (χ2v) is 4.26. The first kappa shape index (κ1) is 12.0. The van der Waals surface area contributed by atoms with Crippen LogP contribution in [0.25, 0.3) is 10.8 Å². The third-order valence-electron chi connectivity index (χ3n) is 2.31. The predicted molar refractivity (Wildman–Crippen MR) is 67.4 cm³/mol. The highest BCUT2D eigenvalue weighted by molar-refractivity contribution is 9.10. The van der Waals surface area contributed by atoms with Crippen LogP contribution in [0.1, 0.15) is 0 Å². The van der Waals surface area contributed by atoms with Gasteiger partial charge in [0, 0.05) is 6.08 Å². The lowest BCUT2D eigenvalue weighted by molar-refractivity contribution is -0.131. The maximum atomic E-state index is 13.1. The zero-order valence-corrected chi connectivity index (χ0v) is 10.4. The minimum Gasteiger partial charge on any atom is -0.428 e. The van der Waals surface area contributed by atoms with Crippen LogP contribution < -0.4 is 4.74 Å². The van der Waals surface area contributed by atoms with Gasteiger partial charge in [-0.05, 0) is 32.8 Å². The number of fused-ring (bicyclic) bond motifs is 1. The molecular weight excluding hydrogens is 290 g/mol. The molecule has 2 rings (SSSR count). The smallest absolute Gasteiger partial charge is 0.419 e. The molecule has 2 aromatic rings. The van der Waals surface area contributed by atoms with Crippen molar-refractivity contribution in [3.63, 3.8) is 0 Å². The largest absolute Gasteiger partial charge is 0.428 e. The summed E-state index contributed by atoms with van der Waals surface area (Å²) < 4.78 is 31.2. The van der Waals surface area contributed by atoms with Crippen LogP contribution in [-0.4, -0.2) is 6.11 Å². The van der Waals surface area contributed by atoms with E-state index in [4.69, 9.17) is 0 Å². The van der Waals surface area contributed by atoms with E-state index in [0.29, 0.717) is 10.5 Å². The van der Waals surface area contributed by atoms with Crippen LogP contribution >= 0.6 is 15.9 Å². The maximum Gasteiger partial charge on any atom is 0.419 e. The Kier molecular flexibility index (Phi) is 3.15. The normalized spacial score (nSPS) is 11.5. The van der Waals surface area contributed by atoms with Gasteiger partial charge >= 0.3 is 6.11 Å². The number of alkyl halides is 2. The summed E-state index contributed by atoms with van der Waals surface area (Å²) in [6.07, 6.45) is -2.90. The van der Waals surface area contributed by atoms with E-state index >= 15 is 0 Å². The molecular formula is C13H9BrF2O. The Hall–Kier alpha value is -1.42. The molecule has 0 saturated carbocycles. The fraction of sp³-hybridized carbons (Fsp3) is 0.0769. The molecule has 0 saturated heterocycles. The summed E-state index contributed by atoms with van der Waals surface area (Å²) in [5.41, 5.74) is 0. The summed E-state index contributed by atoms with van der Waals surface area (Å²) in [6, 6.07) is 10.7. The summed E-state index contributed by atoms with van der Waals surface area (Å²) >= 11 is 3.27. The predicted octanol–water partition coefficient (Wildman–Crippen LogP) is 4.76. The van der Waals surface area contributed by atoms with Crippen LogP contribution in [0.4, 0.5) is 8.78 Å². The second-order valence-electron chi connectivity index (χ2n) is 3.47. The average Bonchev–Trinajstić information content (AvgIpc) is 2.33. The molecule has 0 fully saturated rings. The first-order valence-corrected chi connectivity index (χ1v) is 5.70. The Bertz CT molecular complexity index is 566. The summed E-state index contributed by atoms with van der Waals surface area (Å²) in [6.45, 7) is 3.03. The van der Waals surface area contributed by atoms with Crippen molar-refractivity contribution < 1.29 is 13.5 Å². The lowest BCUT2D eigenvalue weighted by Gasteiger charge is -2.15. The highest BCUT2D eigenvalue weighted by Crippen LogP contribution is 2.35. The molecule has 0 atom stereocenters. The van der Waals surface area contributed by atoms with Crippen LogP contribution in [0.3, 0.4) is 0 Å². The van der Waals surface area contributed by atoms with E-state index in [0.717, 1.165) is 10.8 Å². The van der Waals surface area contributed by atoms with Crippen molar-refractivity contribution in [2.75, 3.05) is 0 Å². The molecule has 0 aliphatic carbocycles. The van der Waals surface area contributed by atoms with E-state index in [1.807, 2.05) is 24.3 Å². The fourth-order valence-corrected chi connectivity index (χ4v) is 2.05. The van der Waals surface area contributed by atoms with Crippen molar-refractivity contribution in [1.29, 1.82) is 0 Å². The van der Waals surface area contributed by atoms with Crippen molar-refractivity contribution in [2.45, 2.75) is 6.11 Å². The van der Waals surface area contributed by atoms with E-state index in [-0.39, 0.29) is 5.75 Å². The van der Waals surface area contributed by atoms with Crippen LogP contribution in [0.15, 0.2) is 53.5 Å². The molecule has 0 amide bonds. The Labute approximate surface area is 106 Å². The van der Waals surface area contributed by atoms with E-state index < -0.39 is 6.11 Å². The number of hydrogen-bond acceptors (Lipinski definition) is 1. The van der Waals surface area contributed by atoms with Crippen LogP contribution in [0.2, 0.25) is 0 Å². The molecule has 0 radical (unpaired) electrons. The number of benzene rings is 2. The number of halogens is 3. The van der Waals surface area contributed by atoms with Gasteiger partial charge in [0.15, 0.2) is 0 Å². The van der Waals surface area contributed by atoms with Crippen LogP contribution in [0, 0.1) is 0 Å². The molecule has 4 heteroatoms. The van der Waals surface area contributed by atoms with E-state index in [1.54, 1.807) is 6.07 Å². The lowest BCUT2D eigenvalue weighted by Crippen LogP contribution is -2.21. The minimum absolute atomic E-state index is 0.0913. The molecule has 88 valence electrons. The zero-order chi connectivity index (χ0) is 12.5. The average molecular weight is 299 g/mol. The number of ether oxygens (including phenoxy) is 1. The minimum atomic E-state index is -3.37. The molecule has 0 N–H and O–H groups in total. The Morgan fingerprint density at radius 3 is 2.59 bits per heavy atom. The van der Waals surface area contributed by atoms with Gasteiger partial charge in [0.05, 0.1) is 4.47 Å². The highest BCUT2D eigenvalue weighted by atomic mass is 79.9. The SMILES string of the molecule is C=CC(F)(F)Oc1ccc2ccccc2c1Br. The van der Waals surface area contributed by atoms with Gasteiger partial charge in [-0.3, -0.25) is 0 Å². The quantitative estimate of drug-likeness (QED) is 0.742. The van der Waals surface area contributed by atoms with Gasteiger partial charge in [0.2, 0.25) is 0 Å². The first-order valence-electron chi connectivity index (χ1n) is 4.91. The molecule has 0 aromatic heterocycles. The van der Waals surface area contributed by atoms with Crippen molar-refractivity contribution >= 4 is 26.7 Å². The van der Waals surface area contributed by atoms with Gasteiger partial charge in [0.25, 0.3) is 0 Å². The Balaban J connectivity index is 2.49. The van der Waals surface area contributed by atoms with E-state index in [9.17, 15) is 8.78 Å². The van der Waals surface area contributed by atoms with Crippen molar-refractivity contribution in [3.8, 4) is 5.75 Å². The monoisotopic (exact) mass is 298 g/mol. The first-order chi connectivity index (χ1) is 8.03. The van der Waals surface area contributed by atoms with Crippen molar-refractivity contribution in [1.82, 2.24) is 0 Å². The molecule has 0 spiro atoms. The Morgan fingerprint density at radius 2 is 1.88 bits per heavy atom. The topological polar surface area (TPSA) is 9.23 Å². The molecule has 17 heavy (non-hydrogen) atoms. The Morgan fingerprint density at radius 1 is 1.18 bits per heavy atom. The van der Waals surface area contributed by atoms with Crippen molar-refractivity contribution in [3.05, 3.63) is 53.5 Å². The number of rotatable bonds is 3. The van der Waals surface area contributed by atoms with Gasteiger partial charge in [-0.1, -0.05) is 36.9 Å². The molecule has 0 bridgehead atoms. The highest BCUT2D eigenvalue weighted by Gasteiger charge is 2.27. The molecule has 2 aromatic carbocycles. The van der Waals surface area contributed by atoms with Crippen LogP contribution in [0.5, 0.6) is 5.75 Å².